The highest BCUT2D eigenvalue weighted by molar-refractivity contribution is 5.71. The van der Waals surface area contributed by atoms with Gasteiger partial charge >= 0.3 is 5.97 Å². The number of carboxylic acids is 1. The highest BCUT2D eigenvalue weighted by atomic mass is 16.4. The summed E-state index contributed by atoms with van der Waals surface area (Å²) in [5.41, 5.74) is 1.09. The Kier molecular flexibility index (Phi) is 3.27. The molecule has 2 unspecified atom stereocenters. The average molecular weight is 222 g/mol. The Bertz CT molecular complexity index is 373. The number of hydrogen-bond acceptors (Lipinski definition) is 2. The molecule has 0 bridgehead atoms. The van der Waals surface area contributed by atoms with Gasteiger partial charge in [0.1, 0.15) is 0 Å². The van der Waals surface area contributed by atoms with Crippen LogP contribution < -0.4 is 0 Å². The SMILES string of the molecule is CCn1cc(C2CCCCC2C(=O)O)cn1. The second-order valence-corrected chi connectivity index (χ2v) is 4.47. The second kappa shape index (κ2) is 4.68. The molecule has 0 aliphatic heterocycles. The molecule has 1 heterocycles. The molecule has 16 heavy (non-hydrogen) atoms. The number of aliphatic carboxylic acids is 1. The average Bonchev–Trinajstić information content (AvgIpc) is 2.77. The van der Waals surface area contributed by atoms with Crippen molar-refractivity contribution in [2.45, 2.75) is 45.1 Å². The largest absolute Gasteiger partial charge is 0.481 e. The van der Waals surface area contributed by atoms with E-state index in [9.17, 15) is 9.90 Å². The highest BCUT2D eigenvalue weighted by Crippen LogP contribution is 2.37. The summed E-state index contributed by atoms with van der Waals surface area (Å²) in [6, 6.07) is 0. The maximum atomic E-state index is 11.2. The molecule has 1 fully saturated rings. The van der Waals surface area contributed by atoms with Gasteiger partial charge in [-0.15, -0.1) is 0 Å². The lowest BCUT2D eigenvalue weighted by molar-refractivity contribution is -0.143. The molecular formula is C12H18N2O2. The molecule has 1 aliphatic rings. The Morgan fingerprint density at radius 1 is 1.56 bits per heavy atom. The van der Waals surface area contributed by atoms with Crippen molar-refractivity contribution in [3.8, 4) is 0 Å². The summed E-state index contributed by atoms with van der Waals surface area (Å²) in [5.74, 6) is -0.719. The smallest absolute Gasteiger partial charge is 0.307 e. The predicted molar refractivity (Wildman–Crippen MR) is 60.2 cm³/mol. The number of rotatable bonds is 3. The van der Waals surface area contributed by atoms with Gasteiger partial charge in [0.25, 0.3) is 0 Å². The Hall–Kier alpha value is -1.32. The maximum absolute atomic E-state index is 11.2. The molecule has 1 N–H and O–H groups in total. The summed E-state index contributed by atoms with van der Waals surface area (Å²) in [4.78, 5) is 11.2. The lowest BCUT2D eigenvalue weighted by atomic mass is 9.76. The van der Waals surface area contributed by atoms with E-state index in [0.29, 0.717) is 0 Å². The van der Waals surface area contributed by atoms with Crippen LogP contribution in [0, 0.1) is 5.92 Å². The van der Waals surface area contributed by atoms with Gasteiger partial charge < -0.3 is 5.11 Å². The van der Waals surface area contributed by atoms with E-state index in [-0.39, 0.29) is 11.8 Å². The van der Waals surface area contributed by atoms with E-state index in [1.54, 1.807) is 0 Å². The Morgan fingerprint density at radius 3 is 2.94 bits per heavy atom. The molecule has 4 nitrogen and oxygen atoms in total. The summed E-state index contributed by atoms with van der Waals surface area (Å²) in [6.45, 7) is 2.87. The highest BCUT2D eigenvalue weighted by Gasteiger charge is 2.32. The van der Waals surface area contributed by atoms with Crippen molar-refractivity contribution in [1.82, 2.24) is 9.78 Å². The van der Waals surface area contributed by atoms with E-state index in [0.717, 1.165) is 37.8 Å². The fourth-order valence-corrected chi connectivity index (χ4v) is 2.57. The molecule has 1 aromatic heterocycles. The minimum Gasteiger partial charge on any atom is -0.481 e. The molecule has 4 heteroatoms. The lowest BCUT2D eigenvalue weighted by Gasteiger charge is -2.27. The van der Waals surface area contributed by atoms with Crippen LogP contribution in [0.2, 0.25) is 0 Å². The van der Waals surface area contributed by atoms with Crippen molar-refractivity contribution in [2.75, 3.05) is 0 Å². The van der Waals surface area contributed by atoms with E-state index >= 15 is 0 Å². The minimum atomic E-state index is -0.658. The zero-order valence-corrected chi connectivity index (χ0v) is 9.59. The van der Waals surface area contributed by atoms with Crippen LogP contribution in [0.15, 0.2) is 12.4 Å². The molecule has 0 amide bonds. The van der Waals surface area contributed by atoms with Crippen LogP contribution >= 0.6 is 0 Å². The fraction of sp³-hybridized carbons (Fsp3) is 0.667. The first kappa shape index (κ1) is 11.2. The standard InChI is InChI=1S/C12H18N2O2/c1-2-14-8-9(7-13-14)10-5-3-4-6-11(10)12(15)16/h7-8,10-11H,2-6H2,1H3,(H,15,16). The van der Waals surface area contributed by atoms with Crippen molar-refractivity contribution >= 4 is 5.97 Å². The molecule has 0 saturated heterocycles. The molecule has 1 saturated carbocycles. The quantitative estimate of drug-likeness (QED) is 0.853. The lowest BCUT2D eigenvalue weighted by Crippen LogP contribution is -2.25. The third kappa shape index (κ3) is 2.10. The van der Waals surface area contributed by atoms with Gasteiger partial charge in [0.2, 0.25) is 0 Å². The van der Waals surface area contributed by atoms with Crippen molar-refractivity contribution in [1.29, 1.82) is 0 Å². The summed E-state index contributed by atoms with van der Waals surface area (Å²) >= 11 is 0. The molecule has 0 aromatic carbocycles. The fourth-order valence-electron chi connectivity index (χ4n) is 2.57. The predicted octanol–water partition coefficient (Wildman–Crippen LogP) is 2.26. The van der Waals surface area contributed by atoms with Crippen LogP contribution in [-0.2, 0) is 11.3 Å². The van der Waals surface area contributed by atoms with Crippen LogP contribution in [0.4, 0.5) is 0 Å². The Balaban J connectivity index is 2.19. The maximum Gasteiger partial charge on any atom is 0.307 e. The minimum absolute atomic E-state index is 0.159. The first-order valence-electron chi connectivity index (χ1n) is 5.97. The number of hydrogen-bond donors (Lipinski definition) is 1. The Labute approximate surface area is 95.3 Å². The summed E-state index contributed by atoms with van der Waals surface area (Å²) in [5, 5.41) is 13.4. The summed E-state index contributed by atoms with van der Waals surface area (Å²) in [7, 11) is 0. The van der Waals surface area contributed by atoms with E-state index in [1.165, 1.54) is 0 Å². The van der Waals surface area contributed by atoms with E-state index in [1.807, 2.05) is 24.0 Å². The van der Waals surface area contributed by atoms with Gasteiger partial charge in [0, 0.05) is 18.7 Å². The van der Waals surface area contributed by atoms with Gasteiger partial charge in [0.05, 0.1) is 12.1 Å². The molecule has 0 spiro atoms. The first-order chi connectivity index (χ1) is 7.72. The molecule has 1 aromatic rings. The third-order valence-electron chi connectivity index (χ3n) is 3.49. The third-order valence-corrected chi connectivity index (χ3v) is 3.49. The molecule has 88 valence electrons. The molecule has 2 atom stereocenters. The molecule has 2 rings (SSSR count). The number of carboxylic acid groups (broad SMARTS) is 1. The van der Waals surface area contributed by atoms with Gasteiger partial charge in [-0.1, -0.05) is 12.8 Å². The molecule has 0 radical (unpaired) electrons. The Morgan fingerprint density at radius 2 is 2.31 bits per heavy atom. The summed E-state index contributed by atoms with van der Waals surface area (Å²) in [6.07, 6.45) is 7.77. The molecule has 1 aliphatic carbocycles. The van der Waals surface area contributed by atoms with Crippen LogP contribution in [0.25, 0.3) is 0 Å². The number of nitrogens with zero attached hydrogens (tertiary/aromatic N) is 2. The molecular weight excluding hydrogens is 204 g/mol. The van der Waals surface area contributed by atoms with Gasteiger partial charge in [-0.25, -0.2) is 0 Å². The normalized spacial score (nSPS) is 25.6. The van der Waals surface area contributed by atoms with Crippen LogP contribution in [0.5, 0.6) is 0 Å². The van der Waals surface area contributed by atoms with Crippen molar-refractivity contribution in [3.63, 3.8) is 0 Å². The van der Waals surface area contributed by atoms with E-state index < -0.39 is 5.97 Å². The topological polar surface area (TPSA) is 55.1 Å². The van der Waals surface area contributed by atoms with Crippen molar-refractivity contribution < 1.29 is 9.90 Å². The zero-order chi connectivity index (χ0) is 11.5. The second-order valence-electron chi connectivity index (χ2n) is 4.47. The zero-order valence-electron chi connectivity index (χ0n) is 9.59. The van der Waals surface area contributed by atoms with Crippen molar-refractivity contribution in [2.24, 2.45) is 5.92 Å². The van der Waals surface area contributed by atoms with Gasteiger partial charge in [-0.2, -0.15) is 5.10 Å². The summed E-state index contributed by atoms with van der Waals surface area (Å²) < 4.78 is 1.86. The number of aryl methyl sites for hydroxylation is 1. The number of carbonyl (C=O) groups is 1. The van der Waals surface area contributed by atoms with E-state index in [2.05, 4.69) is 5.10 Å². The van der Waals surface area contributed by atoms with E-state index in [4.69, 9.17) is 0 Å². The monoisotopic (exact) mass is 222 g/mol. The number of aromatic nitrogens is 2. The van der Waals surface area contributed by atoms with Crippen LogP contribution in [-0.4, -0.2) is 20.9 Å². The first-order valence-corrected chi connectivity index (χ1v) is 5.97. The van der Waals surface area contributed by atoms with Gasteiger partial charge in [-0.3, -0.25) is 9.48 Å². The van der Waals surface area contributed by atoms with Crippen LogP contribution in [0.1, 0.15) is 44.1 Å². The van der Waals surface area contributed by atoms with Crippen LogP contribution in [0.3, 0.4) is 0 Å². The van der Waals surface area contributed by atoms with Gasteiger partial charge in [-0.05, 0) is 25.3 Å². The van der Waals surface area contributed by atoms with Gasteiger partial charge in [0.15, 0.2) is 0 Å². The van der Waals surface area contributed by atoms with Crippen molar-refractivity contribution in [3.05, 3.63) is 18.0 Å².